The van der Waals surface area contributed by atoms with Crippen LogP contribution >= 0.6 is 0 Å². The zero-order valence-corrected chi connectivity index (χ0v) is 13.6. The van der Waals surface area contributed by atoms with Gasteiger partial charge in [-0.15, -0.1) is 0 Å². The zero-order chi connectivity index (χ0) is 15.4. The fourth-order valence-corrected chi connectivity index (χ4v) is 3.05. The molecule has 0 radical (unpaired) electrons. The number of likely N-dealkylation sites (N-methyl/N-ethyl adjacent to an activating group) is 1. The van der Waals surface area contributed by atoms with E-state index in [1.165, 1.54) is 0 Å². The number of likely N-dealkylation sites (tertiary alicyclic amines) is 1. The third-order valence-electron chi connectivity index (χ3n) is 3.99. The lowest BCUT2D eigenvalue weighted by Gasteiger charge is -2.28. The first-order chi connectivity index (χ1) is 10.0. The third-order valence-corrected chi connectivity index (χ3v) is 3.99. The number of benzene rings is 1. The molecule has 4 nitrogen and oxygen atoms in total. The number of nitrogens with one attached hydrogen (secondary N) is 1. The van der Waals surface area contributed by atoms with Gasteiger partial charge in [-0.25, -0.2) is 0 Å². The van der Waals surface area contributed by atoms with Crippen LogP contribution in [0.4, 0.5) is 5.69 Å². The minimum Gasteiger partial charge on any atom is -0.385 e. The molecule has 21 heavy (non-hydrogen) atoms. The van der Waals surface area contributed by atoms with Gasteiger partial charge in [0.1, 0.15) is 0 Å². The average Bonchev–Trinajstić information content (AvgIpc) is 2.87. The van der Waals surface area contributed by atoms with Crippen LogP contribution in [0.25, 0.3) is 0 Å². The maximum Gasteiger partial charge on any atom is 0.256 e. The van der Waals surface area contributed by atoms with Crippen molar-refractivity contribution in [2.75, 3.05) is 39.0 Å². The van der Waals surface area contributed by atoms with Crippen molar-refractivity contribution in [2.24, 2.45) is 0 Å². The van der Waals surface area contributed by atoms with Crippen molar-refractivity contribution in [3.05, 3.63) is 29.3 Å². The zero-order valence-electron chi connectivity index (χ0n) is 13.6. The molecule has 0 aromatic heterocycles. The lowest BCUT2D eigenvalue weighted by molar-refractivity contribution is 0.0717. The molecule has 0 aliphatic carbocycles. The highest BCUT2D eigenvalue weighted by Gasteiger charge is 2.30. The minimum atomic E-state index is 0.166. The van der Waals surface area contributed by atoms with Crippen molar-refractivity contribution in [3.8, 4) is 0 Å². The summed E-state index contributed by atoms with van der Waals surface area (Å²) in [4.78, 5) is 17.2. The minimum absolute atomic E-state index is 0.166. The Morgan fingerprint density at radius 2 is 2.19 bits per heavy atom. The molecule has 1 saturated heterocycles. The summed E-state index contributed by atoms with van der Waals surface area (Å²) >= 11 is 0. The summed E-state index contributed by atoms with van der Waals surface area (Å²) in [7, 11) is 4.13. The van der Waals surface area contributed by atoms with Gasteiger partial charge in [0.05, 0.1) is 5.56 Å². The molecule has 1 aliphatic heterocycles. The summed E-state index contributed by atoms with van der Waals surface area (Å²) in [5, 5.41) is 3.31. The van der Waals surface area contributed by atoms with Crippen LogP contribution in [-0.2, 0) is 0 Å². The number of hydrogen-bond acceptors (Lipinski definition) is 3. The van der Waals surface area contributed by atoms with Crippen LogP contribution in [0.3, 0.4) is 0 Å². The van der Waals surface area contributed by atoms with E-state index in [0.29, 0.717) is 6.04 Å². The summed E-state index contributed by atoms with van der Waals surface area (Å²) in [6.07, 6.45) is 2.21. The Morgan fingerprint density at radius 1 is 1.43 bits per heavy atom. The van der Waals surface area contributed by atoms with Crippen molar-refractivity contribution in [3.63, 3.8) is 0 Å². The molecule has 2 rings (SSSR count). The van der Waals surface area contributed by atoms with Gasteiger partial charge >= 0.3 is 0 Å². The van der Waals surface area contributed by atoms with Gasteiger partial charge in [0.2, 0.25) is 0 Å². The Balaban J connectivity index is 2.24. The van der Waals surface area contributed by atoms with Gasteiger partial charge in [0.15, 0.2) is 0 Å². The molecule has 0 spiro atoms. The van der Waals surface area contributed by atoms with E-state index >= 15 is 0 Å². The van der Waals surface area contributed by atoms with Gasteiger partial charge in [-0.3, -0.25) is 4.79 Å². The van der Waals surface area contributed by atoms with Crippen LogP contribution in [0.1, 0.15) is 35.7 Å². The molecule has 1 aromatic carbocycles. The molecular weight excluding hydrogens is 262 g/mol. The van der Waals surface area contributed by atoms with Crippen LogP contribution < -0.4 is 5.32 Å². The quantitative estimate of drug-likeness (QED) is 0.905. The van der Waals surface area contributed by atoms with Crippen molar-refractivity contribution in [1.82, 2.24) is 9.80 Å². The van der Waals surface area contributed by atoms with E-state index in [0.717, 1.165) is 49.3 Å². The molecule has 1 amide bonds. The molecule has 0 bridgehead atoms. The summed E-state index contributed by atoms with van der Waals surface area (Å²) < 4.78 is 0. The van der Waals surface area contributed by atoms with Gasteiger partial charge < -0.3 is 15.1 Å². The van der Waals surface area contributed by atoms with Crippen LogP contribution in [0, 0.1) is 6.92 Å². The lowest BCUT2D eigenvalue weighted by Crippen LogP contribution is -2.41. The molecule has 1 N–H and O–H groups in total. The number of rotatable bonds is 5. The molecule has 1 aromatic rings. The van der Waals surface area contributed by atoms with Gasteiger partial charge in [-0.05, 0) is 52.9 Å². The number of nitrogens with zero attached hydrogens (tertiary/aromatic N) is 2. The Hall–Kier alpha value is -1.55. The molecule has 1 unspecified atom stereocenters. The highest BCUT2D eigenvalue weighted by Crippen LogP contribution is 2.25. The van der Waals surface area contributed by atoms with Crippen LogP contribution in [0.2, 0.25) is 0 Å². The molecule has 4 heteroatoms. The van der Waals surface area contributed by atoms with Crippen molar-refractivity contribution < 1.29 is 4.79 Å². The van der Waals surface area contributed by atoms with Crippen molar-refractivity contribution in [1.29, 1.82) is 0 Å². The molecular formula is C17H27N3O. The van der Waals surface area contributed by atoms with E-state index in [1.54, 1.807) is 0 Å². The predicted molar refractivity (Wildman–Crippen MR) is 88.0 cm³/mol. The monoisotopic (exact) mass is 289 g/mol. The van der Waals surface area contributed by atoms with E-state index in [-0.39, 0.29) is 5.91 Å². The predicted octanol–water partition coefficient (Wildman–Crippen LogP) is 2.59. The topological polar surface area (TPSA) is 35.6 Å². The van der Waals surface area contributed by atoms with E-state index in [2.05, 4.69) is 42.2 Å². The van der Waals surface area contributed by atoms with E-state index in [1.807, 2.05) is 19.1 Å². The third kappa shape index (κ3) is 3.76. The number of aryl methyl sites for hydroxylation is 1. The highest BCUT2D eigenvalue weighted by molar-refractivity contribution is 6.00. The van der Waals surface area contributed by atoms with E-state index < -0.39 is 0 Å². The second-order valence-corrected chi connectivity index (χ2v) is 6.14. The molecule has 1 atom stereocenters. The Kier molecular flexibility index (Phi) is 5.23. The normalized spacial score (nSPS) is 18.3. The Bertz CT molecular complexity index is 499. The fraction of sp³-hybridized carbons (Fsp3) is 0.588. The maximum absolute atomic E-state index is 13.0. The van der Waals surface area contributed by atoms with Crippen LogP contribution in [0.5, 0.6) is 0 Å². The smallest absolute Gasteiger partial charge is 0.256 e. The SMILES string of the molecule is CCNc1ccc(C)cc1C(=O)N1CCCC1CN(C)C. The number of hydrogen-bond donors (Lipinski definition) is 1. The fourth-order valence-electron chi connectivity index (χ4n) is 3.05. The Morgan fingerprint density at radius 3 is 2.86 bits per heavy atom. The first-order valence-electron chi connectivity index (χ1n) is 7.83. The number of anilines is 1. The van der Waals surface area contributed by atoms with Crippen molar-refractivity contribution in [2.45, 2.75) is 32.7 Å². The Labute approximate surface area is 128 Å². The molecule has 1 heterocycles. The summed E-state index contributed by atoms with van der Waals surface area (Å²) in [5.74, 6) is 0.166. The summed E-state index contributed by atoms with van der Waals surface area (Å²) in [5.41, 5.74) is 2.88. The molecule has 116 valence electrons. The number of carbonyl (C=O) groups excluding carboxylic acids is 1. The summed E-state index contributed by atoms with van der Waals surface area (Å²) in [6.45, 7) is 6.72. The number of carbonyl (C=O) groups is 1. The first-order valence-corrected chi connectivity index (χ1v) is 7.83. The molecule has 1 fully saturated rings. The second-order valence-electron chi connectivity index (χ2n) is 6.14. The maximum atomic E-state index is 13.0. The molecule has 0 saturated carbocycles. The lowest BCUT2D eigenvalue weighted by atomic mass is 10.1. The standard InChI is InChI=1S/C17H27N3O/c1-5-18-16-9-8-13(2)11-15(16)17(21)20-10-6-7-14(20)12-19(3)4/h8-9,11,14,18H,5-7,10,12H2,1-4H3. The average molecular weight is 289 g/mol. The van der Waals surface area contributed by atoms with Gasteiger partial charge in [-0.1, -0.05) is 11.6 Å². The number of amides is 1. The highest BCUT2D eigenvalue weighted by atomic mass is 16.2. The largest absolute Gasteiger partial charge is 0.385 e. The second kappa shape index (κ2) is 6.94. The van der Waals surface area contributed by atoms with Gasteiger partial charge in [0, 0.05) is 31.4 Å². The molecule has 1 aliphatic rings. The summed E-state index contributed by atoms with van der Waals surface area (Å²) in [6, 6.07) is 6.41. The first kappa shape index (κ1) is 15.8. The van der Waals surface area contributed by atoms with Crippen LogP contribution in [0.15, 0.2) is 18.2 Å². The van der Waals surface area contributed by atoms with Gasteiger partial charge in [0.25, 0.3) is 5.91 Å². The van der Waals surface area contributed by atoms with E-state index in [9.17, 15) is 4.79 Å². The van der Waals surface area contributed by atoms with Gasteiger partial charge in [-0.2, -0.15) is 0 Å². The van der Waals surface area contributed by atoms with E-state index in [4.69, 9.17) is 0 Å². The van der Waals surface area contributed by atoms with Crippen LogP contribution in [-0.4, -0.2) is 55.5 Å². The van der Waals surface area contributed by atoms with Crippen molar-refractivity contribution >= 4 is 11.6 Å².